The summed E-state index contributed by atoms with van der Waals surface area (Å²) in [5.74, 6) is 3.44. The van der Waals surface area contributed by atoms with Gasteiger partial charge in [-0.05, 0) is 17.7 Å². The number of benzene rings is 1. The van der Waals surface area contributed by atoms with Crippen LogP contribution < -0.4 is 14.8 Å². The zero-order valence-corrected chi connectivity index (χ0v) is 13.0. The molecule has 3 rings (SSSR count). The maximum absolute atomic E-state index is 11.9. The van der Waals surface area contributed by atoms with Crippen molar-refractivity contribution in [3.63, 3.8) is 0 Å². The smallest absolute Gasteiger partial charge is 0.229 e. The molecule has 0 spiro atoms. The van der Waals surface area contributed by atoms with Crippen molar-refractivity contribution in [1.82, 2.24) is 14.8 Å². The largest absolute Gasteiger partial charge is 0.493 e. The van der Waals surface area contributed by atoms with Gasteiger partial charge in [-0.3, -0.25) is 10.1 Å². The number of anilines is 1. The molecule has 0 radical (unpaired) electrons. The van der Waals surface area contributed by atoms with Crippen LogP contribution >= 0.6 is 11.6 Å². The molecule has 0 unspecified atom stereocenters. The van der Waals surface area contributed by atoms with Gasteiger partial charge >= 0.3 is 0 Å². The Bertz CT molecular complexity index is 797. The predicted octanol–water partition coefficient (Wildman–Crippen LogP) is 1.88. The average molecular weight is 333 g/mol. The maximum atomic E-state index is 11.9. The van der Waals surface area contributed by atoms with Crippen LogP contribution in [0.1, 0.15) is 18.0 Å². The first-order chi connectivity index (χ1) is 11.1. The Kier molecular flexibility index (Phi) is 4.08. The number of hydrogen-bond donors (Lipinski definition) is 1. The number of amides is 1. The Morgan fingerprint density at radius 3 is 3.13 bits per heavy atom. The standard InChI is InChI=1S/C15H13ClN4O3/c1-3-4-23-14-10(16)5-9(6-12(14)22-2)11-7-13(21)19-15-17-8-18-20(11)15/h1,5-6,8,11H,4,7H2,2H3,(H,17,18,19,21)/t11-/m1/s1. The minimum Gasteiger partial charge on any atom is -0.493 e. The SMILES string of the molecule is C#CCOc1c(Cl)cc([C@H]2CC(=O)Nc3ncnn32)cc1OC. The molecule has 1 aromatic heterocycles. The Labute approximate surface area is 137 Å². The van der Waals surface area contributed by atoms with Crippen molar-refractivity contribution in [3.05, 3.63) is 29.0 Å². The summed E-state index contributed by atoms with van der Waals surface area (Å²) in [5.41, 5.74) is 0.765. The maximum Gasteiger partial charge on any atom is 0.229 e. The van der Waals surface area contributed by atoms with Gasteiger partial charge in [-0.15, -0.1) is 6.42 Å². The van der Waals surface area contributed by atoms with Crippen molar-refractivity contribution in [2.45, 2.75) is 12.5 Å². The molecule has 1 aromatic carbocycles. The van der Waals surface area contributed by atoms with Crippen LogP contribution in [0.25, 0.3) is 0 Å². The lowest BCUT2D eigenvalue weighted by Gasteiger charge is -2.24. The summed E-state index contributed by atoms with van der Waals surface area (Å²) in [5, 5.41) is 7.17. The lowest BCUT2D eigenvalue weighted by atomic mass is 10.0. The van der Waals surface area contributed by atoms with E-state index in [9.17, 15) is 4.79 Å². The second-order valence-corrected chi connectivity index (χ2v) is 5.23. The number of methoxy groups -OCH3 is 1. The Morgan fingerprint density at radius 2 is 2.39 bits per heavy atom. The van der Waals surface area contributed by atoms with Crippen LogP contribution in [0.15, 0.2) is 18.5 Å². The van der Waals surface area contributed by atoms with Gasteiger partial charge in [-0.25, -0.2) is 4.68 Å². The van der Waals surface area contributed by atoms with E-state index in [-0.39, 0.29) is 25.0 Å². The molecule has 0 fully saturated rings. The number of halogens is 1. The van der Waals surface area contributed by atoms with Gasteiger partial charge in [0.1, 0.15) is 12.9 Å². The van der Waals surface area contributed by atoms with Gasteiger partial charge in [0.15, 0.2) is 11.5 Å². The summed E-state index contributed by atoms with van der Waals surface area (Å²) in [4.78, 5) is 15.9. The molecule has 1 aliphatic heterocycles. The minimum atomic E-state index is -0.325. The van der Waals surface area contributed by atoms with E-state index in [2.05, 4.69) is 21.3 Å². The van der Waals surface area contributed by atoms with E-state index in [0.29, 0.717) is 22.5 Å². The fraction of sp³-hybridized carbons (Fsp3) is 0.267. The molecule has 1 aliphatic rings. The van der Waals surface area contributed by atoms with E-state index >= 15 is 0 Å². The summed E-state index contributed by atoms with van der Waals surface area (Å²) in [6, 6.07) is 3.14. The highest BCUT2D eigenvalue weighted by Crippen LogP contribution is 2.40. The molecule has 0 saturated heterocycles. The number of hydrogen-bond acceptors (Lipinski definition) is 5. The summed E-state index contributed by atoms with van der Waals surface area (Å²) >= 11 is 6.29. The highest BCUT2D eigenvalue weighted by atomic mass is 35.5. The van der Waals surface area contributed by atoms with E-state index in [1.54, 1.807) is 16.8 Å². The summed E-state index contributed by atoms with van der Waals surface area (Å²) in [6.07, 6.45) is 6.81. The van der Waals surface area contributed by atoms with E-state index in [1.807, 2.05) is 0 Å². The molecular formula is C15H13ClN4O3. The lowest BCUT2D eigenvalue weighted by Crippen LogP contribution is -2.29. The number of carbonyl (C=O) groups excluding carboxylic acids is 1. The van der Waals surface area contributed by atoms with Gasteiger partial charge in [-0.2, -0.15) is 10.1 Å². The fourth-order valence-electron chi connectivity index (χ4n) is 2.45. The van der Waals surface area contributed by atoms with Crippen molar-refractivity contribution in [3.8, 4) is 23.8 Å². The minimum absolute atomic E-state index is 0.0779. The van der Waals surface area contributed by atoms with Crippen molar-refractivity contribution in [2.24, 2.45) is 0 Å². The summed E-state index contributed by atoms with van der Waals surface area (Å²) in [6.45, 7) is 0.0779. The third-order valence-electron chi connectivity index (χ3n) is 3.43. The van der Waals surface area contributed by atoms with Crippen LogP contribution in [0.5, 0.6) is 11.5 Å². The molecule has 23 heavy (non-hydrogen) atoms. The Balaban J connectivity index is 2.03. The zero-order valence-electron chi connectivity index (χ0n) is 12.2. The normalized spacial score (nSPS) is 16.2. The third kappa shape index (κ3) is 2.81. The molecule has 8 heteroatoms. The van der Waals surface area contributed by atoms with E-state index in [4.69, 9.17) is 27.5 Å². The Hall–Kier alpha value is -2.72. The van der Waals surface area contributed by atoms with Crippen LogP contribution in [-0.2, 0) is 4.79 Å². The van der Waals surface area contributed by atoms with Crippen LogP contribution in [0.4, 0.5) is 5.95 Å². The summed E-state index contributed by atoms with van der Waals surface area (Å²) in [7, 11) is 1.51. The number of carbonyl (C=O) groups is 1. The van der Waals surface area contributed by atoms with Crippen molar-refractivity contribution in [2.75, 3.05) is 19.0 Å². The predicted molar refractivity (Wildman–Crippen MR) is 83.7 cm³/mol. The van der Waals surface area contributed by atoms with Gasteiger partial charge in [0.25, 0.3) is 0 Å². The Morgan fingerprint density at radius 1 is 1.57 bits per heavy atom. The number of nitrogens with one attached hydrogen (secondary N) is 1. The van der Waals surface area contributed by atoms with E-state index < -0.39 is 0 Å². The van der Waals surface area contributed by atoms with Crippen molar-refractivity contribution < 1.29 is 14.3 Å². The molecule has 118 valence electrons. The molecule has 0 aliphatic carbocycles. The molecule has 2 aromatic rings. The second kappa shape index (κ2) is 6.18. The second-order valence-electron chi connectivity index (χ2n) is 4.82. The average Bonchev–Trinajstić information content (AvgIpc) is 3.00. The molecular weight excluding hydrogens is 320 g/mol. The van der Waals surface area contributed by atoms with E-state index in [0.717, 1.165) is 5.56 Å². The summed E-state index contributed by atoms with van der Waals surface area (Å²) < 4.78 is 12.4. The topological polar surface area (TPSA) is 78.3 Å². The number of aromatic nitrogens is 3. The molecule has 7 nitrogen and oxygen atoms in total. The van der Waals surface area contributed by atoms with Crippen LogP contribution in [0.3, 0.4) is 0 Å². The first-order valence-electron chi connectivity index (χ1n) is 6.77. The molecule has 1 atom stereocenters. The number of terminal acetylenes is 1. The highest BCUT2D eigenvalue weighted by molar-refractivity contribution is 6.32. The first kappa shape index (κ1) is 15.2. The van der Waals surface area contributed by atoms with Gasteiger partial charge in [-0.1, -0.05) is 17.5 Å². The van der Waals surface area contributed by atoms with Crippen molar-refractivity contribution >= 4 is 23.5 Å². The van der Waals surface area contributed by atoms with Crippen LogP contribution in [0.2, 0.25) is 5.02 Å². The van der Waals surface area contributed by atoms with Gasteiger partial charge < -0.3 is 9.47 Å². The fourth-order valence-corrected chi connectivity index (χ4v) is 2.72. The number of fused-ring (bicyclic) bond motifs is 1. The van der Waals surface area contributed by atoms with Crippen LogP contribution in [0, 0.1) is 12.3 Å². The number of nitrogens with zero attached hydrogens (tertiary/aromatic N) is 3. The van der Waals surface area contributed by atoms with E-state index in [1.165, 1.54) is 13.4 Å². The van der Waals surface area contributed by atoms with Crippen LogP contribution in [-0.4, -0.2) is 34.4 Å². The van der Waals surface area contributed by atoms with Gasteiger partial charge in [0.2, 0.25) is 11.9 Å². The number of ether oxygens (including phenoxy) is 2. The van der Waals surface area contributed by atoms with Gasteiger partial charge in [0.05, 0.1) is 24.6 Å². The van der Waals surface area contributed by atoms with Crippen molar-refractivity contribution in [1.29, 1.82) is 0 Å². The number of rotatable bonds is 4. The molecule has 0 saturated carbocycles. The molecule has 1 N–H and O–H groups in total. The third-order valence-corrected chi connectivity index (χ3v) is 3.72. The zero-order chi connectivity index (χ0) is 16.4. The highest BCUT2D eigenvalue weighted by Gasteiger charge is 2.29. The lowest BCUT2D eigenvalue weighted by molar-refractivity contribution is -0.117. The molecule has 1 amide bonds. The molecule has 0 bridgehead atoms. The monoisotopic (exact) mass is 332 g/mol. The van der Waals surface area contributed by atoms with Gasteiger partial charge in [0, 0.05) is 0 Å². The quantitative estimate of drug-likeness (QED) is 0.865. The molecule has 2 heterocycles. The first-order valence-corrected chi connectivity index (χ1v) is 7.15.